The Labute approximate surface area is 111 Å². The average Bonchev–Trinajstić information content (AvgIpc) is 2.89. The molecule has 1 aliphatic rings. The van der Waals surface area contributed by atoms with Gasteiger partial charge in [-0.15, -0.1) is 11.3 Å². The summed E-state index contributed by atoms with van der Waals surface area (Å²) in [5.41, 5.74) is 7.44. The van der Waals surface area contributed by atoms with Crippen molar-refractivity contribution >= 4 is 27.5 Å². The molecule has 0 radical (unpaired) electrons. The lowest BCUT2D eigenvalue weighted by atomic mass is 10.1. The predicted molar refractivity (Wildman–Crippen MR) is 78.8 cm³/mol. The van der Waals surface area contributed by atoms with E-state index in [1.807, 2.05) is 24.6 Å². The van der Waals surface area contributed by atoms with Crippen molar-refractivity contribution in [3.8, 4) is 0 Å². The Morgan fingerprint density at radius 2 is 1.78 bits per heavy atom. The van der Waals surface area contributed by atoms with Gasteiger partial charge in [-0.3, -0.25) is 0 Å². The smallest absolute Gasteiger partial charge is 0.112 e. The van der Waals surface area contributed by atoms with Gasteiger partial charge in [0.15, 0.2) is 0 Å². The lowest BCUT2D eigenvalue weighted by molar-refractivity contribution is 1.17. The fourth-order valence-corrected chi connectivity index (χ4v) is 3.04. The Hall–Kier alpha value is -1.87. The topological polar surface area (TPSA) is 24.9 Å². The van der Waals surface area contributed by atoms with Gasteiger partial charge >= 0.3 is 0 Å². The SMILES string of the molecule is C=C1c2ccccc2C(=C)C1Nc1scnc1C. The van der Waals surface area contributed by atoms with Gasteiger partial charge < -0.3 is 5.32 Å². The molecule has 0 fully saturated rings. The molecule has 90 valence electrons. The minimum Gasteiger partial charge on any atom is -0.364 e. The van der Waals surface area contributed by atoms with Crippen LogP contribution >= 0.6 is 11.3 Å². The van der Waals surface area contributed by atoms with E-state index in [9.17, 15) is 0 Å². The number of aryl methyl sites for hydroxylation is 1. The molecule has 1 N–H and O–H groups in total. The lowest BCUT2D eigenvalue weighted by Crippen LogP contribution is -2.16. The van der Waals surface area contributed by atoms with Gasteiger partial charge in [-0.1, -0.05) is 37.4 Å². The zero-order valence-corrected chi connectivity index (χ0v) is 11.1. The highest BCUT2D eigenvalue weighted by Gasteiger charge is 2.29. The number of anilines is 1. The van der Waals surface area contributed by atoms with E-state index in [0.29, 0.717) is 0 Å². The lowest BCUT2D eigenvalue weighted by Gasteiger charge is -2.15. The maximum atomic E-state index is 4.25. The van der Waals surface area contributed by atoms with Crippen LogP contribution in [0.3, 0.4) is 0 Å². The summed E-state index contributed by atoms with van der Waals surface area (Å²) >= 11 is 1.61. The molecule has 3 rings (SSSR count). The molecule has 1 aliphatic carbocycles. The molecule has 2 aromatic rings. The fraction of sp³-hybridized carbons (Fsp3) is 0.133. The first-order valence-electron chi connectivity index (χ1n) is 5.82. The molecular weight excluding hydrogens is 240 g/mol. The van der Waals surface area contributed by atoms with Gasteiger partial charge in [-0.2, -0.15) is 0 Å². The van der Waals surface area contributed by atoms with E-state index >= 15 is 0 Å². The van der Waals surface area contributed by atoms with Gasteiger partial charge in [-0.25, -0.2) is 4.98 Å². The first-order valence-corrected chi connectivity index (χ1v) is 6.70. The number of hydrogen-bond donors (Lipinski definition) is 1. The van der Waals surface area contributed by atoms with Gasteiger partial charge in [0.2, 0.25) is 0 Å². The van der Waals surface area contributed by atoms with E-state index in [0.717, 1.165) is 21.8 Å². The molecule has 2 nitrogen and oxygen atoms in total. The number of rotatable bonds is 2. The zero-order chi connectivity index (χ0) is 12.7. The normalized spacial score (nSPS) is 14.9. The average molecular weight is 254 g/mol. The largest absolute Gasteiger partial charge is 0.364 e. The number of fused-ring (bicyclic) bond motifs is 1. The number of thiazole rings is 1. The summed E-state index contributed by atoms with van der Waals surface area (Å²) in [6.07, 6.45) is 0. The zero-order valence-electron chi connectivity index (χ0n) is 10.2. The quantitative estimate of drug-likeness (QED) is 0.877. The van der Waals surface area contributed by atoms with Crippen LogP contribution in [0.15, 0.2) is 42.9 Å². The van der Waals surface area contributed by atoms with Crippen molar-refractivity contribution in [1.82, 2.24) is 4.98 Å². The second-order valence-electron chi connectivity index (χ2n) is 4.44. The molecule has 18 heavy (non-hydrogen) atoms. The molecule has 0 bridgehead atoms. The van der Waals surface area contributed by atoms with Crippen LogP contribution in [0.2, 0.25) is 0 Å². The second kappa shape index (κ2) is 4.10. The molecule has 0 aliphatic heterocycles. The number of nitrogens with zero attached hydrogens (tertiary/aromatic N) is 1. The molecule has 0 spiro atoms. The summed E-state index contributed by atoms with van der Waals surface area (Å²) in [5.74, 6) is 0. The van der Waals surface area contributed by atoms with Crippen molar-refractivity contribution in [2.75, 3.05) is 5.32 Å². The third-order valence-corrected chi connectivity index (χ3v) is 4.20. The molecule has 0 amide bonds. The highest BCUT2D eigenvalue weighted by Crippen LogP contribution is 2.40. The Morgan fingerprint density at radius 1 is 1.17 bits per heavy atom. The third kappa shape index (κ3) is 1.59. The molecule has 1 heterocycles. The Bertz CT molecular complexity index is 604. The van der Waals surface area contributed by atoms with Crippen molar-refractivity contribution in [3.05, 3.63) is 59.8 Å². The standard InChI is InChI=1S/C15H14N2S/c1-9-12-6-4-5-7-13(12)10(2)14(9)17-15-11(3)16-8-18-15/h4-8,14,17H,1-2H2,3H3. The van der Waals surface area contributed by atoms with Crippen LogP contribution in [0, 0.1) is 6.92 Å². The highest BCUT2D eigenvalue weighted by molar-refractivity contribution is 7.14. The molecule has 0 unspecified atom stereocenters. The van der Waals surface area contributed by atoms with Crippen molar-refractivity contribution in [3.63, 3.8) is 0 Å². The van der Waals surface area contributed by atoms with Crippen molar-refractivity contribution in [2.24, 2.45) is 0 Å². The maximum Gasteiger partial charge on any atom is 0.112 e. The van der Waals surface area contributed by atoms with E-state index in [1.54, 1.807) is 11.3 Å². The maximum absolute atomic E-state index is 4.25. The van der Waals surface area contributed by atoms with Gasteiger partial charge in [0, 0.05) is 0 Å². The van der Waals surface area contributed by atoms with E-state index in [1.165, 1.54) is 11.1 Å². The summed E-state index contributed by atoms with van der Waals surface area (Å²) in [5, 5.41) is 4.59. The minimum absolute atomic E-state index is 0.0848. The molecule has 1 aromatic carbocycles. The first-order chi connectivity index (χ1) is 8.68. The monoisotopic (exact) mass is 254 g/mol. The highest BCUT2D eigenvalue weighted by atomic mass is 32.1. The molecule has 3 heteroatoms. The number of benzene rings is 1. The van der Waals surface area contributed by atoms with Crippen molar-refractivity contribution < 1.29 is 0 Å². The van der Waals surface area contributed by atoms with Crippen LogP contribution in [0.4, 0.5) is 5.00 Å². The van der Waals surface area contributed by atoms with Crippen LogP contribution in [-0.4, -0.2) is 11.0 Å². The Balaban J connectivity index is 1.95. The van der Waals surface area contributed by atoms with E-state index < -0.39 is 0 Å². The van der Waals surface area contributed by atoms with Crippen molar-refractivity contribution in [2.45, 2.75) is 13.0 Å². The molecule has 0 saturated carbocycles. The summed E-state index contributed by atoms with van der Waals surface area (Å²) in [4.78, 5) is 4.25. The summed E-state index contributed by atoms with van der Waals surface area (Å²) in [7, 11) is 0. The second-order valence-corrected chi connectivity index (χ2v) is 5.30. The van der Waals surface area contributed by atoms with Crippen LogP contribution in [0.1, 0.15) is 16.8 Å². The predicted octanol–water partition coefficient (Wildman–Crippen LogP) is 3.97. The number of aromatic nitrogens is 1. The van der Waals surface area contributed by atoms with E-state index in [2.05, 4.69) is 35.6 Å². The number of nitrogens with one attached hydrogen (secondary N) is 1. The van der Waals surface area contributed by atoms with Crippen LogP contribution in [0.25, 0.3) is 11.1 Å². The molecule has 1 aromatic heterocycles. The van der Waals surface area contributed by atoms with E-state index in [-0.39, 0.29) is 6.04 Å². The Morgan fingerprint density at radius 3 is 2.28 bits per heavy atom. The third-order valence-electron chi connectivity index (χ3n) is 3.34. The van der Waals surface area contributed by atoms with Crippen LogP contribution in [0.5, 0.6) is 0 Å². The van der Waals surface area contributed by atoms with Gasteiger partial charge in [-0.05, 0) is 29.2 Å². The van der Waals surface area contributed by atoms with Crippen molar-refractivity contribution in [1.29, 1.82) is 0 Å². The van der Waals surface area contributed by atoms with Gasteiger partial charge in [0.05, 0.1) is 17.2 Å². The van der Waals surface area contributed by atoms with E-state index in [4.69, 9.17) is 0 Å². The summed E-state index contributed by atoms with van der Waals surface area (Å²) in [6.45, 7) is 10.4. The Kier molecular flexibility index (Phi) is 2.56. The van der Waals surface area contributed by atoms with Crippen LogP contribution in [-0.2, 0) is 0 Å². The fourth-order valence-electron chi connectivity index (χ4n) is 2.31. The molecule has 0 saturated heterocycles. The van der Waals surface area contributed by atoms with Gasteiger partial charge in [0.1, 0.15) is 5.00 Å². The van der Waals surface area contributed by atoms with Crippen LogP contribution < -0.4 is 5.32 Å². The minimum atomic E-state index is 0.0848. The van der Waals surface area contributed by atoms with Gasteiger partial charge in [0.25, 0.3) is 0 Å². The molecular formula is C15H14N2S. The summed E-state index contributed by atoms with van der Waals surface area (Å²) < 4.78 is 0. The first kappa shape index (κ1) is 11.2. The number of hydrogen-bond acceptors (Lipinski definition) is 3. The summed E-state index contributed by atoms with van der Waals surface area (Å²) in [6, 6.07) is 8.37. The molecule has 0 atom stereocenters.